The Morgan fingerprint density at radius 3 is 2.21 bits per heavy atom. The largest absolute Gasteiger partial charge is 0.312 e. The number of halogens is 2. The van der Waals surface area contributed by atoms with Crippen molar-refractivity contribution in [3.63, 3.8) is 0 Å². The molecule has 2 bridgehead atoms. The van der Waals surface area contributed by atoms with Gasteiger partial charge in [-0.15, -0.1) is 0 Å². The molecule has 3 heterocycles. The van der Waals surface area contributed by atoms with Crippen molar-refractivity contribution in [2.75, 3.05) is 39.8 Å². The normalized spacial score (nSPS) is 31.4. The van der Waals surface area contributed by atoms with E-state index in [0.717, 1.165) is 38.8 Å². The molecule has 3 aliphatic rings. The first-order chi connectivity index (χ1) is 9.17. The van der Waals surface area contributed by atoms with Gasteiger partial charge in [0.2, 0.25) is 0 Å². The zero-order valence-electron chi connectivity index (χ0n) is 11.1. The summed E-state index contributed by atoms with van der Waals surface area (Å²) in [5.41, 5.74) is 0.693. The second-order valence-electron chi connectivity index (χ2n) is 5.37. The number of hydrogen-bond donors (Lipinski definition) is 1. The highest BCUT2D eigenvalue weighted by molar-refractivity contribution is 5.23. The van der Waals surface area contributed by atoms with E-state index in [1.54, 1.807) is 0 Å². The number of rotatable bonds is 3. The number of nitrogens with zero attached hydrogens (tertiary/aromatic N) is 2. The second kappa shape index (κ2) is 5.15. The average Bonchev–Trinajstić information content (AvgIpc) is 2.40. The minimum atomic E-state index is -0.508. The fraction of sp³-hybridized carbons (Fsp3) is 0.571. The first kappa shape index (κ1) is 13.0. The average molecular weight is 267 g/mol. The molecule has 104 valence electrons. The summed E-state index contributed by atoms with van der Waals surface area (Å²) < 4.78 is 26.8. The molecule has 3 aliphatic heterocycles. The molecular formula is C14H19F2N3. The third-order valence-corrected chi connectivity index (χ3v) is 4.26. The van der Waals surface area contributed by atoms with Crippen molar-refractivity contribution >= 4 is 0 Å². The fourth-order valence-corrected chi connectivity index (χ4v) is 3.31. The molecule has 19 heavy (non-hydrogen) atoms. The molecule has 1 N–H and O–H groups in total. The predicted molar refractivity (Wildman–Crippen MR) is 70.0 cm³/mol. The maximum absolute atomic E-state index is 13.4. The summed E-state index contributed by atoms with van der Waals surface area (Å²) in [5.74, 6) is -1.02. The van der Waals surface area contributed by atoms with Crippen LogP contribution < -0.4 is 5.32 Å². The van der Waals surface area contributed by atoms with Gasteiger partial charge in [-0.05, 0) is 24.7 Å². The molecule has 0 spiro atoms. The Morgan fingerprint density at radius 1 is 1.11 bits per heavy atom. The third kappa shape index (κ3) is 2.50. The van der Waals surface area contributed by atoms with Crippen LogP contribution in [0, 0.1) is 11.6 Å². The molecule has 0 radical (unpaired) electrons. The van der Waals surface area contributed by atoms with Crippen LogP contribution in [0.3, 0.4) is 0 Å². The van der Waals surface area contributed by atoms with Crippen LogP contribution in [-0.4, -0.2) is 55.6 Å². The van der Waals surface area contributed by atoms with Gasteiger partial charge in [0, 0.05) is 50.9 Å². The molecule has 4 rings (SSSR count). The van der Waals surface area contributed by atoms with Crippen molar-refractivity contribution in [1.82, 2.24) is 15.1 Å². The minimum Gasteiger partial charge on any atom is -0.312 e. The number of likely N-dealkylation sites (N-methyl/N-ethyl adjacent to an activating group) is 1. The van der Waals surface area contributed by atoms with Crippen LogP contribution in [0.1, 0.15) is 11.6 Å². The Kier molecular flexibility index (Phi) is 3.52. The number of piperazine rings is 3. The highest BCUT2D eigenvalue weighted by Gasteiger charge is 2.36. The monoisotopic (exact) mass is 267 g/mol. The zero-order chi connectivity index (χ0) is 13.4. The van der Waals surface area contributed by atoms with Crippen molar-refractivity contribution in [3.8, 4) is 0 Å². The molecule has 0 saturated carbocycles. The summed E-state index contributed by atoms with van der Waals surface area (Å²) in [6.45, 7) is 5.25. The van der Waals surface area contributed by atoms with E-state index in [1.807, 2.05) is 7.05 Å². The van der Waals surface area contributed by atoms with Crippen LogP contribution in [0.15, 0.2) is 18.2 Å². The molecular weight excluding hydrogens is 248 g/mol. The standard InChI is InChI=1S/C14H19F2N3/c1-17-14(10-6-11(15)8-12(16)7-10)13-9-18-2-4-19(13)5-3-18/h6-8,13-14,17H,2-5,9H2,1H3. The highest BCUT2D eigenvalue weighted by Crippen LogP contribution is 2.27. The maximum atomic E-state index is 13.4. The molecule has 3 nitrogen and oxygen atoms in total. The maximum Gasteiger partial charge on any atom is 0.126 e. The highest BCUT2D eigenvalue weighted by atomic mass is 19.1. The van der Waals surface area contributed by atoms with Gasteiger partial charge in [0.15, 0.2) is 0 Å². The van der Waals surface area contributed by atoms with Crippen molar-refractivity contribution in [2.45, 2.75) is 12.1 Å². The molecule has 3 saturated heterocycles. The fourth-order valence-electron chi connectivity index (χ4n) is 3.31. The smallest absolute Gasteiger partial charge is 0.126 e. The SMILES string of the molecule is CNC(c1cc(F)cc(F)c1)C1CN2CCN1CC2. The van der Waals surface area contributed by atoms with Gasteiger partial charge < -0.3 is 5.32 Å². The first-order valence-corrected chi connectivity index (χ1v) is 6.77. The molecule has 3 fully saturated rings. The van der Waals surface area contributed by atoms with E-state index < -0.39 is 11.6 Å². The van der Waals surface area contributed by atoms with E-state index in [2.05, 4.69) is 15.1 Å². The second-order valence-corrected chi connectivity index (χ2v) is 5.37. The van der Waals surface area contributed by atoms with Gasteiger partial charge in [-0.2, -0.15) is 0 Å². The molecule has 1 aromatic carbocycles. The van der Waals surface area contributed by atoms with Gasteiger partial charge in [0.1, 0.15) is 11.6 Å². The van der Waals surface area contributed by atoms with E-state index in [4.69, 9.17) is 0 Å². The lowest BCUT2D eigenvalue weighted by Gasteiger charge is -2.50. The Hall–Kier alpha value is -1.04. The summed E-state index contributed by atoms with van der Waals surface area (Å²) in [4.78, 5) is 4.84. The summed E-state index contributed by atoms with van der Waals surface area (Å²) in [7, 11) is 1.85. The third-order valence-electron chi connectivity index (χ3n) is 4.26. The Labute approximate surface area is 112 Å². The van der Waals surface area contributed by atoms with E-state index >= 15 is 0 Å². The van der Waals surface area contributed by atoms with E-state index in [9.17, 15) is 8.78 Å². The number of benzene rings is 1. The molecule has 1 aromatic rings. The van der Waals surface area contributed by atoms with Crippen LogP contribution in [0.4, 0.5) is 8.78 Å². The van der Waals surface area contributed by atoms with Crippen molar-refractivity contribution in [2.24, 2.45) is 0 Å². The Balaban J connectivity index is 1.87. The topological polar surface area (TPSA) is 18.5 Å². The molecule has 0 amide bonds. The van der Waals surface area contributed by atoms with Crippen LogP contribution in [0.25, 0.3) is 0 Å². The van der Waals surface area contributed by atoms with E-state index in [-0.39, 0.29) is 12.1 Å². The summed E-state index contributed by atoms with van der Waals surface area (Å²) in [5, 5.41) is 3.23. The lowest BCUT2D eigenvalue weighted by Crippen LogP contribution is -2.63. The van der Waals surface area contributed by atoms with Gasteiger partial charge in [-0.1, -0.05) is 0 Å². The Morgan fingerprint density at radius 2 is 1.74 bits per heavy atom. The lowest BCUT2D eigenvalue weighted by atomic mass is 9.94. The van der Waals surface area contributed by atoms with Gasteiger partial charge in [-0.3, -0.25) is 9.80 Å². The molecule has 2 unspecified atom stereocenters. The van der Waals surface area contributed by atoms with Gasteiger partial charge in [-0.25, -0.2) is 8.78 Å². The molecule has 0 aliphatic carbocycles. The summed E-state index contributed by atoms with van der Waals surface area (Å²) in [6.07, 6.45) is 0. The number of fused-ring (bicyclic) bond motifs is 3. The van der Waals surface area contributed by atoms with E-state index in [0.29, 0.717) is 5.56 Å². The predicted octanol–water partition coefficient (Wildman–Crippen LogP) is 1.23. The van der Waals surface area contributed by atoms with Crippen LogP contribution >= 0.6 is 0 Å². The van der Waals surface area contributed by atoms with Gasteiger partial charge >= 0.3 is 0 Å². The zero-order valence-corrected chi connectivity index (χ0v) is 11.1. The van der Waals surface area contributed by atoms with Crippen LogP contribution in [-0.2, 0) is 0 Å². The van der Waals surface area contributed by atoms with E-state index in [1.165, 1.54) is 12.1 Å². The van der Waals surface area contributed by atoms with Crippen LogP contribution in [0.5, 0.6) is 0 Å². The van der Waals surface area contributed by atoms with Gasteiger partial charge in [0.05, 0.1) is 0 Å². The Bertz CT molecular complexity index is 438. The molecule has 0 aromatic heterocycles. The molecule has 2 atom stereocenters. The summed E-state index contributed by atoms with van der Waals surface area (Å²) in [6, 6.07) is 4.04. The van der Waals surface area contributed by atoms with Gasteiger partial charge in [0.25, 0.3) is 0 Å². The minimum absolute atomic E-state index is 0.0340. The van der Waals surface area contributed by atoms with Crippen molar-refractivity contribution in [3.05, 3.63) is 35.4 Å². The summed E-state index contributed by atoms with van der Waals surface area (Å²) >= 11 is 0. The first-order valence-electron chi connectivity index (χ1n) is 6.77. The lowest BCUT2D eigenvalue weighted by molar-refractivity contribution is -0.00262. The van der Waals surface area contributed by atoms with Crippen molar-refractivity contribution in [1.29, 1.82) is 0 Å². The number of nitrogens with one attached hydrogen (secondary N) is 1. The number of hydrogen-bond acceptors (Lipinski definition) is 3. The van der Waals surface area contributed by atoms with Crippen LogP contribution in [0.2, 0.25) is 0 Å². The molecule has 5 heteroatoms. The van der Waals surface area contributed by atoms with Crippen molar-refractivity contribution < 1.29 is 8.78 Å². The quantitative estimate of drug-likeness (QED) is 0.888.